The molecule has 2 heterocycles. The molecule has 18 heavy (non-hydrogen) atoms. The van der Waals surface area contributed by atoms with E-state index in [0.29, 0.717) is 0 Å². The third-order valence-corrected chi connectivity index (χ3v) is 3.14. The van der Waals surface area contributed by atoms with Gasteiger partial charge in [-0.05, 0) is 19.1 Å². The van der Waals surface area contributed by atoms with Gasteiger partial charge in [-0.25, -0.2) is 4.98 Å². The van der Waals surface area contributed by atoms with E-state index in [4.69, 9.17) is 0 Å². The molecular formula is C15H13N3. The summed E-state index contributed by atoms with van der Waals surface area (Å²) in [5.41, 5.74) is 3.72. The summed E-state index contributed by atoms with van der Waals surface area (Å²) in [6.07, 6.45) is 1.80. The van der Waals surface area contributed by atoms with E-state index in [-0.39, 0.29) is 0 Å². The molecule has 0 aliphatic heterocycles. The first kappa shape index (κ1) is 10.8. The maximum atomic E-state index is 4.68. The number of rotatable bonds is 1. The summed E-state index contributed by atoms with van der Waals surface area (Å²) in [7, 11) is 1.78. The van der Waals surface area contributed by atoms with Crippen LogP contribution in [-0.4, -0.2) is 22.7 Å². The van der Waals surface area contributed by atoms with Gasteiger partial charge < -0.3 is 0 Å². The van der Waals surface area contributed by atoms with E-state index >= 15 is 0 Å². The van der Waals surface area contributed by atoms with Crippen molar-refractivity contribution in [2.45, 2.75) is 6.92 Å². The monoisotopic (exact) mass is 235 g/mol. The molecule has 0 radical (unpaired) electrons. The van der Waals surface area contributed by atoms with Crippen LogP contribution in [0.5, 0.6) is 0 Å². The van der Waals surface area contributed by atoms with Crippen LogP contribution in [0.15, 0.2) is 47.6 Å². The van der Waals surface area contributed by atoms with Crippen LogP contribution < -0.4 is 0 Å². The highest BCUT2D eigenvalue weighted by Gasteiger charge is 2.05. The van der Waals surface area contributed by atoms with Crippen molar-refractivity contribution in [3.05, 3.63) is 48.3 Å². The number of benzene rings is 1. The standard InChI is InChI=1S/C15H13N3/c1-10(16-2)13-8-7-12-6-5-11-4-3-9-17-14(11)15(12)18-13/h3-9H,1-2H3/b16-10+. The molecule has 0 saturated heterocycles. The maximum absolute atomic E-state index is 4.68. The summed E-state index contributed by atoms with van der Waals surface area (Å²) in [6.45, 7) is 1.97. The number of nitrogens with zero attached hydrogens (tertiary/aromatic N) is 3. The first-order valence-electron chi connectivity index (χ1n) is 5.88. The van der Waals surface area contributed by atoms with E-state index in [2.05, 4.69) is 39.2 Å². The highest BCUT2D eigenvalue weighted by Crippen LogP contribution is 2.22. The normalized spacial score (nSPS) is 12.2. The van der Waals surface area contributed by atoms with Crippen molar-refractivity contribution in [1.82, 2.24) is 9.97 Å². The average Bonchev–Trinajstić information content (AvgIpc) is 2.45. The zero-order chi connectivity index (χ0) is 12.5. The van der Waals surface area contributed by atoms with Gasteiger partial charge in [0.05, 0.1) is 22.4 Å². The fourth-order valence-electron chi connectivity index (χ4n) is 2.04. The van der Waals surface area contributed by atoms with E-state index in [1.807, 2.05) is 19.1 Å². The molecule has 0 atom stereocenters. The number of hydrogen-bond acceptors (Lipinski definition) is 3. The van der Waals surface area contributed by atoms with Crippen LogP contribution in [0, 0.1) is 0 Å². The second-order valence-electron chi connectivity index (χ2n) is 4.22. The fraction of sp³-hybridized carbons (Fsp3) is 0.133. The third-order valence-electron chi connectivity index (χ3n) is 3.14. The number of aromatic nitrogens is 2. The number of hydrogen-bond donors (Lipinski definition) is 0. The van der Waals surface area contributed by atoms with Crippen LogP contribution >= 0.6 is 0 Å². The van der Waals surface area contributed by atoms with Crippen molar-refractivity contribution < 1.29 is 0 Å². The van der Waals surface area contributed by atoms with Gasteiger partial charge in [-0.3, -0.25) is 9.98 Å². The van der Waals surface area contributed by atoms with Crippen LogP contribution in [0.25, 0.3) is 21.8 Å². The molecule has 0 amide bonds. The second-order valence-corrected chi connectivity index (χ2v) is 4.22. The molecule has 0 unspecified atom stereocenters. The molecule has 3 nitrogen and oxygen atoms in total. The lowest BCUT2D eigenvalue weighted by Crippen LogP contribution is -1.98. The Hall–Kier alpha value is -2.29. The van der Waals surface area contributed by atoms with Gasteiger partial charge >= 0.3 is 0 Å². The lowest BCUT2D eigenvalue weighted by Gasteiger charge is -2.04. The predicted molar refractivity (Wildman–Crippen MR) is 75.2 cm³/mol. The first-order valence-corrected chi connectivity index (χ1v) is 5.88. The van der Waals surface area contributed by atoms with Gasteiger partial charge in [0.1, 0.15) is 0 Å². The Labute approximate surface area is 105 Å². The second kappa shape index (κ2) is 4.18. The zero-order valence-corrected chi connectivity index (χ0v) is 10.4. The molecule has 3 aromatic rings. The van der Waals surface area contributed by atoms with Crippen LogP contribution in [-0.2, 0) is 0 Å². The number of pyridine rings is 2. The van der Waals surface area contributed by atoms with Gasteiger partial charge in [-0.15, -0.1) is 0 Å². The maximum Gasteiger partial charge on any atom is 0.0972 e. The van der Waals surface area contributed by atoms with Crippen LogP contribution in [0.4, 0.5) is 0 Å². The van der Waals surface area contributed by atoms with E-state index in [1.165, 1.54) is 0 Å². The first-order chi connectivity index (χ1) is 8.79. The summed E-state index contributed by atoms with van der Waals surface area (Å²) in [4.78, 5) is 13.3. The third kappa shape index (κ3) is 1.64. The largest absolute Gasteiger partial charge is 0.291 e. The summed E-state index contributed by atoms with van der Waals surface area (Å²) in [6, 6.07) is 12.2. The summed E-state index contributed by atoms with van der Waals surface area (Å²) in [5.74, 6) is 0. The Morgan fingerprint density at radius 1 is 1.00 bits per heavy atom. The zero-order valence-electron chi connectivity index (χ0n) is 10.4. The van der Waals surface area contributed by atoms with E-state index in [1.54, 1.807) is 13.2 Å². The minimum atomic E-state index is 0.906. The van der Waals surface area contributed by atoms with Crippen molar-refractivity contribution in [1.29, 1.82) is 0 Å². The van der Waals surface area contributed by atoms with Gasteiger partial charge in [-0.1, -0.05) is 24.3 Å². The Morgan fingerprint density at radius 3 is 2.50 bits per heavy atom. The molecule has 3 rings (SSSR count). The molecule has 0 bridgehead atoms. The lowest BCUT2D eigenvalue weighted by atomic mass is 10.1. The topological polar surface area (TPSA) is 38.1 Å². The highest BCUT2D eigenvalue weighted by atomic mass is 14.8. The summed E-state index contributed by atoms with van der Waals surface area (Å²) < 4.78 is 0. The Kier molecular flexibility index (Phi) is 2.52. The molecular weight excluding hydrogens is 222 g/mol. The molecule has 1 aromatic carbocycles. The quantitative estimate of drug-likeness (QED) is 0.480. The van der Waals surface area contributed by atoms with Crippen molar-refractivity contribution in [2.75, 3.05) is 7.05 Å². The SMILES string of the molecule is C/N=C(\C)c1ccc2ccc3cccnc3c2n1. The van der Waals surface area contributed by atoms with Crippen LogP contribution in [0.1, 0.15) is 12.6 Å². The van der Waals surface area contributed by atoms with E-state index in [0.717, 1.165) is 33.2 Å². The number of fused-ring (bicyclic) bond motifs is 3. The molecule has 2 aromatic heterocycles. The Balaban J connectivity index is 2.40. The van der Waals surface area contributed by atoms with Crippen molar-refractivity contribution in [2.24, 2.45) is 4.99 Å². The van der Waals surface area contributed by atoms with Gasteiger partial charge in [0.25, 0.3) is 0 Å². The molecule has 0 spiro atoms. The Morgan fingerprint density at radius 2 is 1.72 bits per heavy atom. The van der Waals surface area contributed by atoms with E-state index in [9.17, 15) is 0 Å². The Bertz CT molecular complexity index is 760. The molecule has 3 heteroatoms. The molecule has 0 N–H and O–H groups in total. The lowest BCUT2D eigenvalue weighted by molar-refractivity contribution is 1.31. The molecule has 0 saturated carbocycles. The average molecular weight is 235 g/mol. The minimum absolute atomic E-state index is 0.906. The van der Waals surface area contributed by atoms with Gasteiger partial charge in [-0.2, -0.15) is 0 Å². The number of aliphatic imine (C=N–C) groups is 1. The predicted octanol–water partition coefficient (Wildman–Crippen LogP) is 3.22. The molecule has 0 fully saturated rings. The smallest absolute Gasteiger partial charge is 0.0972 e. The highest BCUT2D eigenvalue weighted by molar-refractivity contribution is 6.05. The minimum Gasteiger partial charge on any atom is -0.291 e. The van der Waals surface area contributed by atoms with Gasteiger partial charge in [0.15, 0.2) is 0 Å². The van der Waals surface area contributed by atoms with Crippen LogP contribution in [0.2, 0.25) is 0 Å². The summed E-state index contributed by atoms with van der Waals surface area (Å²) >= 11 is 0. The van der Waals surface area contributed by atoms with Crippen LogP contribution in [0.3, 0.4) is 0 Å². The van der Waals surface area contributed by atoms with Gasteiger partial charge in [0, 0.05) is 24.0 Å². The van der Waals surface area contributed by atoms with E-state index < -0.39 is 0 Å². The molecule has 0 aliphatic carbocycles. The molecule has 0 aliphatic rings. The fourth-order valence-corrected chi connectivity index (χ4v) is 2.04. The molecule has 88 valence electrons. The summed E-state index contributed by atoms with van der Waals surface area (Å²) in [5, 5.41) is 2.22. The van der Waals surface area contributed by atoms with Gasteiger partial charge in [0.2, 0.25) is 0 Å². The van der Waals surface area contributed by atoms with Crippen molar-refractivity contribution in [3.8, 4) is 0 Å². The van der Waals surface area contributed by atoms with Crippen molar-refractivity contribution >= 4 is 27.5 Å². The van der Waals surface area contributed by atoms with Crippen molar-refractivity contribution in [3.63, 3.8) is 0 Å².